The average molecular weight is 370 g/mol. The van der Waals surface area contributed by atoms with Crippen molar-refractivity contribution < 1.29 is 14.3 Å². The van der Waals surface area contributed by atoms with Crippen LogP contribution < -0.4 is 16.6 Å². The van der Waals surface area contributed by atoms with Gasteiger partial charge in [0.15, 0.2) is 5.69 Å². The van der Waals surface area contributed by atoms with E-state index in [0.29, 0.717) is 11.4 Å². The quantitative estimate of drug-likeness (QED) is 0.579. The van der Waals surface area contributed by atoms with Gasteiger partial charge in [-0.3, -0.25) is 19.1 Å². The van der Waals surface area contributed by atoms with Gasteiger partial charge >= 0.3 is 11.7 Å². The maximum atomic E-state index is 12.3. The van der Waals surface area contributed by atoms with Gasteiger partial charge in [0.05, 0.1) is 24.7 Å². The molecule has 0 atom stereocenters. The number of benzene rings is 1. The number of hydrogen-bond acceptors (Lipinski definition) is 7. The highest BCUT2D eigenvalue weighted by Crippen LogP contribution is 2.19. The van der Waals surface area contributed by atoms with Gasteiger partial charge in [-0.15, -0.1) is 5.10 Å². The van der Waals surface area contributed by atoms with E-state index in [1.54, 1.807) is 24.3 Å². The summed E-state index contributed by atoms with van der Waals surface area (Å²) in [5.74, 6) is -1.13. The fraction of sp³-hybridized carbons (Fsp3) is 0.125. The minimum atomic E-state index is -0.690. The second-order valence-electron chi connectivity index (χ2n) is 5.34. The number of nitrogens with one attached hydrogen (secondary N) is 2. The Kier molecular flexibility index (Phi) is 4.92. The Hall–Kier alpha value is -4.02. The van der Waals surface area contributed by atoms with Crippen LogP contribution in [-0.2, 0) is 16.1 Å². The van der Waals surface area contributed by atoms with E-state index in [1.165, 1.54) is 24.2 Å². The monoisotopic (exact) mass is 370 g/mol. The molecular formula is C16H14N6O5. The van der Waals surface area contributed by atoms with Crippen LogP contribution >= 0.6 is 0 Å². The molecule has 2 aromatic heterocycles. The first-order chi connectivity index (χ1) is 13.0. The third-order valence-electron chi connectivity index (χ3n) is 3.52. The average Bonchev–Trinajstić information content (AvgIpc) is 3.14. The lowest BCUT2D eigenvalue weighted by molar-refractivity contribution is -0.116. The second kappa shape index (κ2) is 7.47. The molecule has 0 unspecified atom stereocenters. The van der Waals surface area contributed by atoms with E-state index >= 15 is 0 Å². The zero-order chi connectivity index (χ0) is 19.4. The summed E-state index contributed by atoms with van der Waals surface area (Å²) in [7, 11) is 1.23. The lowest BCUT2D eigenvalue weighted by Gasteiger charge is -2.11. The Balaban J connectivity index is 1.82. The molecule has 0 aliphatic carbocycles. The predicted octanol–water partition coefficient (Wildman–Crippen LogP) is -0.457. The van der Waals surface area contributed by atoms with Crippen molar-refractivity contribution in [1.82, 2.24) is 24.5 Å². The van der Waals surface area contributed by atoms with Crippen LogP contribution in [0.1, 0.15) is 10.5 Å². The zero-order valence-electron chi connectivity index (χ0n) is 14.1. The minimum Gasteiger partial charge on any atom is -0.464 e. The Morgan fingerprint density at radius 1 is 1.22 bits per heavy atom. The Morgan fingerprint density at radius 2 is 2.00 bits per heavy atom. The van der Waals surface area contributed by atoms with Crippen molar-refractivity contribution >= 4 is 17.6 Å². The number of amides is 1. The molecule has 0 saturated heterocycles. The lowest BCUT2D eigenvalue weighted by Crippen LogP contribution is -2.32. The number of para-hydroxylation sites is 2. The molecule has 0 bridgehead atoms. The molecule has 11 nitrogen and oxygen atoms in total. The molecule has 0 saturated carbocycles. The number of esters is 1. The molecule has 3 aromatic rings. The van der Waals surface area contributed by atoms with E-state index in [1.807, 2.05) is 0 Å². The summed E-state index contributed by atoms with van der Waals surface area (Å²) in [6, 6.07) is 7.85. The molecule has 3 rings (SSSR count). The number of rotatable bonds is 5. The third-order valence-corrected chi connectivity index (χ3v) is 3.52. The fourth-order valence-electron chi connectivity index (χ4n) is 2.27. The van der Waals surface area contributed by atoms with Gasteiger partial charge in [-0.25, -0.2) is 14.3 Å². The summed E-state index contributed by atoms with van der Waals surface area (Å²) in [5.41, 5.74) is -0.374. The highest BCUT2D eigenvalue weighted by Gasteiger charge is 2.14. The second-order valence-corrected chi connectivity index (χ2v) is 5.34. The standard InChI is InChI=1S/C16H14N6O5/c1-27-15(25)11-8-22(20-19-11)12-5-3-2-4-10(12)17-14(24)9-21-7-6-13(23)18-16(21)26/h2-8H,9H2,1H3,(H,17,24)(H,18,23,26). The number of anilines is 1. The Morgan fingerprint density at radius 3 is 2.74 bits per heavy atom. The number of carbonyl (C=O) groups excluding carboxylic acids is 2. The van der Waals surface area contributed by atoms with Crippen molar-refractivity contribution in [2.24, 2.45) is 0 Å². The molecule has 27 heavy (non-hydrogen) atoms. The maximum Gasteiger partial charge on any atom is 0.360 e. The Labute approximate surface area is 151 Å². The largest absolute Gasteiger partial charge is 0.464 e. The highest BCUT2D eigenvalue weighted by atomic mass is 16.5. The van der Waals surface area contributed by atoms with Crippen LogP contribution in [0.4, 0.5) is 5.69 Å². The van der Waals surface area contributed by atoms with E-state index in [0.717, 1.165) is 10.6 Å². The van der Waals surface area contributed by atoms with Crippen molar-refractivity contribution in [3.8, 4) is 5.69 Å². The number of hydrogen-bond donors (Lipinski definition) is 2. The molecule has 0 spiro atoms. The molecule has 1 aromatic carbocycles. The van der Waals surface area contributed by atoms with Crippen LogP contribution in [0.3, 0.4) is 0 Å². The molecular weight excluding hydrogens is 356 g/mol. The van der Waals surface area contributed by atoms with E-state index in [2.05, 4.69) is 25.3 Å². The van der Waals surface area contributed by atoms with Gasteiger partial charge in [0, 0.05) is 12.3 Å². The first kappa shape index (κ1) is 17.8. The number of nitrogens with zero attached hydrogens (tertiary/aromatic N) is 4. The smallest absolute Gasteiger partial charge is 0.360 e. The van der Waals surface area contributed by atoms with Crippen molar-refractivity contribution in [3.63, 3.8) is 0 Å². The summed E-state index contributed by atoms with van der Waals surface area (Å²) >= 11 is 0. The lowest BCUT2D eigenvalue weighted by atomic mass is 10.2. The molecule has 138 valence electrons. The van der Waals surface area contributed by atoms with Crippen LogP contribution in [0.5, 0.6) is 0 Å². The van der Waals surface area contributed by atoms with Gasteiger partial charge in [0.2, 0.25) is 5.91 Å². The molecule has 0 radical (unpaired) electrons. The Bertz CT molecular complexity index is 1110. The maximum absolute atomic E-state index is 12.3. The highest BCUT2D eigenvalue weighted by molar-refractivity contribution is 5.92. The van der Waals surface area contributed by atoms with Gasteiger partial charge in [0.1, 0.15) is 6.54 Å². The molecule has 0 fully saturated rings. The van der Waals surface area contributed by atoms with Gasteiger partial charge < -0.3 is 10.1 Å². The molecule has 1 amide bonds. The van der Waals surface area contributed by atoms with Crippen molar-refractivity contribution in [2.75, 3.05) is 12.4 Å². The minimum absolute atomic E-state index is 0.0124. The number of aromatic amines is 1. The van der Waals surface area contributed by atoms with E-state index in [4.69, 9.17) is 0 Å². The van der Waals surface area contributed by atoms with Gasteiger partial charge in [-0.2, -0.15) is 0 Å². The predicted molar refractivity (Wildman–Crippen MR) is 92.7 cm³/mol. The normalized spacial score (nSPS) is 10.4. The molecule has 0 aliphatic heterocycles. The van der Waals surface area contributed by atoms with E-state index < -0.39 is 23.1 Å². The zero-order valence-corrected chi connectivity index (χ0v) is 14.1. The first-order valence-electron chi connectivity index (χ1n) is 7.67. The van der Waals surface area contributed by atoms with Gasteiger partial charge in [-0.05, 0) is 12.1 Å². The van der Waals surface area contributed by atoms with E-state index in [9.17, 15) is 19.2 Å². The summed E-state index contributed by atoms with van der Waals surface area (Å²) < 4.78 is 6.96. The first-order valence-corrected chi connectivity index (χ1v) is 7.67. The summed E-state index contributed by atoms with van der Waals surface area (Å²) in [6.07, 6.45) is 2.59. The van der Waals surface area contributed by atoms with Crippen molar-refractivity contribution in [2.45, 2.75) is 6.54 Å². The number of ether oxygens (including phenoxy) is 1. The summed E-state index contributed by atoms with van der Waals surface area (Å²) in [4.78, 5) is 48.6. The summed E-state index contributed by atoms with van der Waals surface area (Å²) in [6.45, 7) is -0.297. The van der Waals surface area contributed by atoms with Crippen LogP contribution in [0.15, 0.2) is 52.3 Å². The van der Waals surface area contributed by atoms with Gasteiger partial charge in [0.25, 0.3) is 5.56 Å². The van der Waals surface area contributed by atoms with Crippen LogP contribution in [0, 0.1) is 0 Å². The van der Waals surface area contributed by atoms with Crippen LogP contribution in [0.2, 0.25) is 0 Å². The summed E-state index contributed by atoms with van der Waals surface area (Å²) in [5, 5.41) is 10.2. The molecule has 2 N–H and O–H groups in total. The number of H-pyrrole nitrogens is 1. The van der Waals surface area contributed by atoms with Gasteiger partial charge in [-0.1, -0.05) is 17.3 Å². The van der Waals surface area contributed by atoms with Crippen LogP contribution in [-0.4, -0.2) is 43.5 Å². The fourth-order valence-corrected chi connectivity index (χ4v) is 2.27. The van der Waals surface area contributed by atoms with Crippen molar-refractivity contribution in [1.29, 1.82) is 0 Å². The molecule has 0 aliphatic rings. The third kappa shape index (κ3) is 3.98. The molecule has 2 heterocycles. The van der Waals surface area contributed by atoms with Crippen LogP contribution in [0.25, 0.3) is 5.69 Å². The number of aromatic nitrogens is 5. The van der Waals surface area contributed by atoms with E-state index in [-0.39, 0.29) is 12.2 Å². The topological polar surface area (TPSA) is 141 Å². The molecule has 11 heteroatoms. The number of carbonyl (C=O) groups is 2. The van der Waals surface area contributed by atoms with Crippen molar-refractivity contribution in [3.05, 3.63) is 69.3 Å². The SMILES string of the molecule is COC(=O)c1cn(-c2ccccc2NC(=O)Cn2ccc(=O)[nH]c2=O)nn1. The number of methoxy groups -OCH3 is 1.